The third kappa shape index (κ3) is 2.57. The van der Waals surface area contributed by atoms with Gasteiger partial charge in [-0.2, -0.15) is 0 Å². The Hall–Kier alpha value is -0.410. The number of ether oxygens (including phenoxy) is 1. The summed E-state index contributed by atoms with van der Waals surface area (Å²) in [5.41, 5.74) is 0. The van der Waals surface area contributed by atoms with Gasteiger partial charge in [0, 0.05) is 11.0 Å². The Bertz CT molecular complexity index is 267. The average Bonchev–Trinajstić information content (AvgIpc) is 2.04. The molecule has 0 aromatic carbocycles. The molecule has 2 nitrogen and oxygen atoms in total. The first-order chi connectivity index (χ1) is 5.76. The van der Waals surface area contributed by atoms with Gasteiger partial charge in [0.2, 0.25) is 5.88 Å². The lowest BCUT2D eigenvalue weighted by Gasteiger charge is -2.03. The molecule has 0 bridgehead atoms. The Morgan fingerprint density at radius 2 is 2.33 bits per heavy atom. The molecule has 0 saturated carbocycles. The van der Waals surface area contributed by atoms with Gasteiger partial charge in [0.25, 0.3) is 0 Å². The second-order valence-electron chi connectivity index (χ2n) is 2.10. The first-order valence-corrected chi connectivity index (χ1v) is 5.21. The molecule has 0 amide bonds. The van der Waals surface area contributed by atoms with E-state index in [1.807, 2.05) is 25.3 Å². The van der Waals surface area contributed by atoms with E-state index >= 15 is 0 Å². The molecule has 1 aromatic heterocycles. The van der Waals surface area contributed by atoms with Crippen molar-refractivity contribution < 1.29 is 4.74 Å². The minimum atomic E-state index is 0.477. The molecule has 0 aliphatic carbocycles. The van der Waals surface area contributed by atoms with E-state index in [4.69, 9.17) is 16.3 Å². The fourth-order valence-electron chi connectivity index (χ4n) is 0.790. The van der Waals surface area contributed by atoms with Crippen LogP contribution in [0.5, 0.6) is 5.88 Å². The largest absolute Gasteiger partial charge is 0.478 e. The van der Waals surface area contributed by atoms with Gasteiger partial charge in [-0.1, -0.05) is 11.6 Å². The lowest BCUT2D eigenvalue weighted by molar-refractivity contribution is 0.326. The first kappa shape index (κ1) is 9.68. The summed E-state index contributed by atoms with van der Waals surface area (Å²) < 4.78 is 5.22. The summed E-state index contributed by atoms with van der Waals surface area (Å²) in [6, 6.07) is 3.69. The molecule has 0 spiro atoms. The van der Waals surface area contributed by atoms with Gasteiger partial charge < -0.3 is 4.74 Å². The zero-order valence-corrected chi connectivity index (χ0v) is 8.58. The summed E-state index contributed by atoms with van der Waals surface area (Å²) in [6.07, 6.45) is 1.99. The van der Waals surface area contributed by atoms with Gasteiger partial charge in [0.05, 0.1) is 6.61 Å². The molecule has 66 valence electrons. The highest BCUT2D eigenvalue weighted by molar-refractivity contribution is 7.98. The van der Waals surface area contributed by atoms with Gasteiger partial charge >= 0.3 is 0 Å². The maximum atomic E-state index is 5.76. The Labute approximate surface area is 81.3 Å². The second-order valence-corrected chi connectivity index (χ2v) is 3.37. The van der Waals surface area contributed by atoms with Gasteiger partial charge in [0.15, 0.2) is 0 Å². The van der Waals surface area contributed by atoms with Gasteiger partial charge in [0.1, 0.15) is 5.15 Å². The second kappa shape index (κ2) is 4.58. The summed E-state index contributed by atoms with van der Waals surface area (Å²) in [4.78, 5) is 5.07. The van der Waals surface area contributed by atoms with E-state index in [9.17, 15) is 0 Å². The number of aromatic nitrogens is 1. The van der Waals surface area contributed by atoms with E-state index in [0.717, 1.165) is 4.90 Å². The van der Waals surface area contributed by atoms with Crippen molar-refractivity contribution in [3.8, 4) is 5.88 Å². The SMILES string of the molecule is CCOc1cc(SC)cc(Cl)n1. The molecule has 12 heavy (non-hydrogen) atoms. The molecule has 0 atom stereocenters. The maximum Gasteiger partial charge on any atom is 0.215 e. The molecule has 0 aliphatic rings. The standard InChI is InChI=1S/C8H10ClNOS/c1-3-11-8-5-6(12-2)4-7(9)10-8/h4-5H,3H2,1-2H3. The number of nitrogens with zero attached hydrogens (tertiary/aromatic N) is 1. The molecule has 0 fully saturated rings. The molecule has 1 heterocycles. The van der Waals surface area contributed by atoms with Crippen molar-refractivity contribution >= 4 is 23.4 Å². The van der Waals surface area contributed by atoms with Crippen molar-refractivity contribution in [1.29, 1.82) is 0 Å². The highest BCUT2D eigenvalue weighted by atomic mass is 35.5. The van der Waals surface area contributed by atoms with Crippen molar-refractivity contribution in [3.63, 3.8) is 0 Å². The average molecular weight is 204 g/mol. The number of rotatable bonds is 3. The van der Waals surface area contributed by atoms with E-state index in [1.54, 1.807) is 11.8 Å². The fraction of sp³-hybridized carbons (Fsp3) is 0.375. The number of pyridine rings is 1. The molecule has 1 rings (SSSR count). The Kier molecular flexibility index (Phi) is 3.69. The minimum absolute atomic E-state index is 0.477. The number of hydrogen-bond acceptors (Lipinski definition) is 3. The zero-order chi connectivity index (χ0) is 8.97. The van der Waals surface area contributed by atoms with Crippen LogP contribution in [0.2, 0.25) is 5.15 Å². The van der Waals surface area contributed by atoms with Crippen LogP contribution in [0.4, 0.5) is 0 Å². The van der Waals surface area contributed by atoms with Crippen molar-refractivity contribution in [2.24, 2.45) is 0 Å². The smallest absolute Gasteiger partial charge is 0.215 e. The Morgan fingerprint density at radius 3 is 2.92 bits per heavy atom. The first-order valence-electron chi connectivity index (χ1n) is 3.60. The molecular weight excluding hydrogens is 194 g/mol. The van der Waals surface area contributed by atoms with Crippen LogP contribution in [-0.2, 0) is 0 Å². The van der Waals surface area contributed by atoms with Crippen LogP contribution in [-0.4, -0.2) is 17.8 Å². The summed E-state index contributed by atoms with van der Waals surface area (Å²) in [6.45, 7) is 2.53. The van der Waals surface area contributed by atoms with Gasteiger partial charge in [-0.15, -0.1) is 11.8 Å². The molecule has 0 radical (unpaired) electrons. The number of hydrogen-bond donors (Lipinski definition) is 0. The van der Waals surface area contributed by atoms with Crippen molar-refractivity contribution in [3.05, 3.63) is 17.3 Å². The van der Waals surface area contributed by atoms with E-state index in [1.165, 1.54) is 0 Å². The molecule has 0 unspecified atom stereocenters. The van der Waals surface area contributed by atoms with Gasteiger partial charge in [-0.05, 0) is 19.2 Å². The highest BCUT2D eigenvalue weighted by Crippen LogP contribution is 2.22. The third-order valence-corrected chi connectivity index (χ3v) is 2.17. The number of thioether (sulfide) groups is 1. The highest BCUT2D eigenvalue weighted by Gasteiger charge is 1.99. The summed E-state index contributed by atoms with van der Waals surface area (Å²) in [5.74, 6) is 0.592. The number of halogens is 1. The van der Waals surface area contributed by atoms with E-state index in [2.05, 4.69) is 4.98 Å². The quantitative estimate of drug-likeness (QED) is 0.557. The van der Waals surface area contributed by atoms with Crippen LogP contribution in [0.15, 0.2) is 17.0 Å². The molecule has 4 heteroatoms. The molecule has 0 N–H and O–H groups in total. The van der Waals surface area contributed by atoms with Gasteiger partial charge in [-0.3, -0.25) is 0 Å². The predicted molar refractivity (Wildman–Crippen MR) is 52.2 cm³/mol. The minimum Gasteiger partial charge on any atom is -0.478 e. The third-order valence-electron chi connectivity index (χ3n) is 1.27. The Balaban J connectivity index is 2.90. The maximum absolute atomic E-state index is 5.76. The van der Waals surface area contributed by atoms with E-state index in [0.29, 0.717) is 17.6 Å². The summed E-state index contributed by atoms with van der Waals surface area (Å²) in [7, 11) is 0. The molecule has 0 saturated heterocycles. The van der Waals surface area contributed by atoms with Crippen LogP contribution in [0.25, 0.3) is 0 Å². The predicted octanol–water partition coefficient (Wildman–Crippen LogP) is 2.86. The topological polar surface area (TPSA) is 22.1 Å². The summed E-state index contributed by atoms with van der Waals surface area (Å²) in [5, 5.41) is 0.477. The lowest BCUT2D eigenvalue weighted by Crippen LogP contribution is -1.94. The van der Waals surface area contributed by atoms with Crippen LogP contribution in [0.3, 0.4) is 0 Å². The molecule has 0 aliphatic heterocycles. The lowest BCUT2D eigenvalue weighted by atomic mass is 10.5. The Morgan fingerprint density at radius 1 is 1.58 bits per heavy atom. The fourth-order valence-corrected chi connectivity index (χ4v) is 1.50. The van der Waals surface area contributed by atoms with Crippen molar-refractivity contribution in [1.82, 2.24) is 4.98 Å². The molecule has 1 aromatic rings. The van der Waals surface area contributed by atoms with Crippen LogP contribution in [0, 0.1) is 0 Å². The normalized spacial score (nSPS) is 9.92. The monoisotopic (exact) mass is 203 g/mol. The van der Waals surface area contributed by atoms with Crippen molar-refractivity contribution in [2.45, 2.75) is 11.8 Å². The van der Waals surface area contributed by atoms with Crippen LogP contribution in [0.1, 0.15) is 6.92 Å². The summed E-state index contributed by atoms with van der Waals surface area (Å²) >= 11 is 7.38. The van der Waals surface area contributed by atoms with Crippen LogP contribution < -0.4 is 4.74 Å². The van der Waals surface area contributed by atoms with E-state index in [-0.39, 0.29) is 0 Å². The zero-order valence-electron chi connectivity index (χ0n) is 7.00. The van der Waals surface area contributed by atoms with E-state index < -0.39 is 0 Å². The van der Waals surface area contributed by atoms with Gasteiger partial charge in [-0.25, -0.2) is 4.98 Å². The van der Waals surface area contributed by atoms with Crippen molar-refractivity contribution in [2.75, 3.05) is 12.9 Å². The van der Waals surface area contributed by atoms with Crippen LogP contribution >= 0.6 is 23.4 Å². The molecular formula is C8H10ClNOS.